The summed E-state index contributed by atoms with van der Waals surface area (Å²) < 4.78 is 10.9. The van der Waals surface area contributed by atoms with Crippen molar-refractivity contribution in [3.63, 3.8) is 0 Å². The van der Waals surface area contributed by atoms with Crippen molar-refractivity contribution >= 4 is 39.9 Å². The molecule has 2 heterocycles. The predicted molar refractivity (Wildman–Crippen MR) is 75.1 cm³/mol. The number of hydrogen-bond donors (Lipinski definition) is 1. The average Bonchev–Trinajstić information content (AvgIpc) is 3.00. The van der Waals surface area contributed by atoms with E-state index >= 15 is 0 Å². The van der Waals surface area contributed by atoms with Crippen LogP contribution in [0.25, 0.3) is 11.0 Å². The molecule has 0 atom stereocenters. The van der Waals surface area contributed by atoms with E-state index in [9.17, 15) is 4.79 Å². The van der Waals surface area contributed by atoms with Crippen LogP contribution in [0.5, 0.6) is 10.9 Å². The number of benzene rings is 1. The second kappa shape index (κ2) is 5.09. The number of halogens is 1. The van der Waals surface area contributed by atoms with Crippen LogP contribution in [-0.4, -0.2) is 16.1 Å². The quantitative estimate of drug-likeness (QED) is 0.786. The van der Waals surface area contributed by atoms with Crippen molar-refractivity contribution in [1.29, 1.82) is 5.26 Å². The smallest absolute Gasteiger partial charge is 0.349 e. The molecule has 3 aromatic rings. The highest BCUT2D eigenvalue weighted by Crippen LogP contribution is 2.38. The van der Waals surface area contributed by atoms with Gasteiger partial charge in [-0.05, 0) is 12.1 Å². The summed E-state index contributed by atoms with van der Waals surface area (Å²) >= 11 is 6.50. The Morgan fingerprint density at radius 3 is 2.90 bits per heavy atom. The van der Waals surface area contributed by atoms with E-state index in [1.165, 1.54) is 0 Å². The van der Waals surface area contributed by atoms with E-state index in [1.807, 2.05) is 6.07 Å². The fraction of sp³-hybridized carbons (Fsp3) is 0. The molecule has 0 fully saturated rings. The highest BCUT2D eigenvalue weighted by Gasteiger charge is 2.21. The summed E-state index contributed by atoms with van der Waals surface area (Å²) in [6, 6.07) is 8.84. The van der Waals surface area contributed by atoms with Crippen molar-refractivity contribution in [3.8, 4) is 17.0 Å². The number of hydrogen-bond acceptors (Lipinski definition) is 6. The molecule has 0 saturated heterocycles. The number of fused-ring (bicyclic) bond motifs is 1. The van der Waals surface area contributed by atoms with Gasteiger partial charge in [-0.3, -0.25) is 0 Å². The molecule has 8 heteroatoms. The predicted octanol–water partition coefficient (Wildman–Crippen LogP) is 3.90. The molecule has 6 nitrogen and oxygen atoms in total. The number of thiazole rings is 1. The highest BCUT2D eigenvalue weighted by atomic mass is 35.5. The van der Waals surface area contributed by atoms with E-state index < -0.39 is 5.97 Å². The third-order valence-electron chi connectivity index (χ3n) is 2.60. The Kier molecular flexibility index (Phi) is 3.25. The molecule has 104 valence electrons. The van der Waals surface area contributed by atoms with Gasteiger partial charge in [-0.1, -0.05) is 35.1 Å². The molecule has 0 amide bonds. The maximum Gasteiger partial charge on any atom is 0.349 e. The van der Waals surface area contributed by atoms with Crippen LogP contribution in [0.4, 0.5) is 0 Å². The van der Waals surface area contributed by atoms with Gasteiger partial charge in [0.2, 0.25) is 5.76 Å². The molecule has 21 heavy (non-hydrogen) atoms. The first-order valence-electron chi connectivity index (χ1n) is 5.59. The van der Waals surface area contributed by atoms with Gasteiger partial charge in [0.15, 0.2) is 15.8 Å². The van der Waals surface area contributed by atoms with Crippen LogP contribution in [0.2, 0.25) is 5.15 Å². The summed E-state index contributed by atoms with van der Waals surface area (Å²) in [5.74, 6) is -1.01. The number of para-hydroxylation sites is 1. The van der Waals surface area contributed by atoms with Crippen LogP contribution < -0.4 is 4.74 Å². The summed E-state index contributed by atoms with van der Waals surface area (Å²) in [7, 11) is 0. The topological polar surface area (TPSA) is 96.4 Å². The number of ether oxygens (including phenoxy) is 1. The van der Waals surface area contributed by atoms with Gasteiger partial charge in [-0.2, -0.15) is 10.2 Å². The van der Waals surface area contributed by atoms with Gasteiger partial charge in [0, 0.05) is 0 Å². The normalized spacial score (nSPS) is 10.5. The number of carbonyl (C=O) groups is 1. The zero-order valence-corrected chi connectivity index (χ0v) is 11.7. The van der Waals surface area contributed by atoms with E-state index in [-0.39, 0.29) is 26.7 Å². The maximum absolute atomic E-state index is 10.9. The van der Waals surface area contributed by atoms with Gasteiger partial charge in [0.25, 0.3) is 5.19 Å². The van der Waals surface area contributed by atoms with Gasteiger partial charge in [0.1, 0.15) is 11.7 Å². The lowest BCUT2D eigenvalue weighted by Gasteiger charge is -1.98. The number of furan rings is 1. The van der Waals surface area contributed by atoms with Crippen LogP contribution in [0.3, 0.4) is 0 Å². The molecule has 0 spiro atoms. The molecule has 0 unspecified atom stereocenters. The number of nitrogens with zero attached hydrogens (tertiary/aromatic N) is 2. The lowest BCUT2D eigenvalue weighted by molar-refractivity contribution is 0.0702. The third-order valence-corrected chi connectivity index (χ3v) is 3.91. The first kappa shape index (κ1) is 13.4. The monoisotopic (exact) mass is 320 g/mol. The molecule has 0 radical (unpaired) electrons. The molecule has 0 aliphatic heterocycles. The van der Waals surface area contributed by atoms with Crippen LogP contribution in [0, 0.1) is 11.3 Å². The van der Waals surface area contributed by atoms with Gasteiger partial charge in [-0.25, -0.2) is 4.79 Å². The molecule has 0 bridgehead atoms. The molecule has 2 aromatic heterocycles. The lowest BCUT2D eigenvalue weighted by Crippen LogP contribution is -1.91. The van der Waals surface area contributed by atoms with Crippen LogP contribution in [-0.2, 0) is 0 Å². The molecule has 0 aliphatic carbocycles. The number of nitriles is 1. The Bertz CT molecular complexity index is 893. The minimum absolute atomic E-state index is 0.0144. The average molecular weight is 321 g/mol. The van der Waals surface area contributed by atoms with Crippen molar-refractivity contribution in [1.82, 2.24) is 4.98 Å². The minimum Gasteiger partial charge on any atom is -0.477 e. The van der Waals surface area contributed by atoms with Gasteiger partial charge in [-0.15, -0.1) is 0 Å². The zero-order valence-electron chi connectivity index (χ0n) is 10.2. The van der Waals surface area contributed by atoms with E-state index in [0.29, 0.717) is 11.0 Å². The Balaban J connectivity index is 2.08. The summed E-state index contributed by atoms with van der Waals surface area (Å²) in [5.41, 5.74) is 0.491. The summed E-state index contributed by atoms with van der Waals surface area (Å²) in [4.78, 5) is 14.6. The largest absolute Gasteiger partial charge is 0.477 e. The maximum atomic E-state index is 10.9. The Morgan fingerprint density at radius 1 is 1.48 bits per heavy atom. The zero-order chi connectivity index (χ0) is 15.0. The second-order valence-electron chi connectivity index (χ2n) is 3.88. The molecule has 1 N–H and O–H groups in total. The fourth-order valence-electron chi connectivity index (χ4n) is 1.74. The number of carboxylic acids is 1. The van der Waals surface area contributed by atoms with Crippen LogP contribution in [0.1, 0.15) is 15.4 Å². The summed E-state index contributed by atoms with van der Waals surface area (Å²) in [5, 5.41) is 18.5. The van der Waals surface area contributed by atoms with E-state index in [1.54, 1.807) is 24.3 Å². The molecular formula is C13H5ClN2O4S. The van der Waals surface area contributed by atoms with Gasteiger partial charge in [0.05, 0.1) is 5.39 Å². The Hall–Kier alpha value is -2.56. The van der Waals surface area contributed by atoms with Crippen molar-refractivity contribution in [2.24, 2.45) is 0 Å². The van der Waals surface area contributed by atoms with Gasteiger partial charge < -0.3 is 14.3 Å². The number of rotatable bonds is 3. The SMILES string of the molecule is N#Cc1oc2ccccc2c1Oc1nc(Cl)c(C(=O)O)s1. The van der Waals surface area contributed by atoms with Crippen LogP contribution >= 0.6 is 22.9 Å². The molecule has 1 aromatic carbocycles. The Morgan fingerprint density at radius 2 is 2.24 bits per heavy atom. The molecule has 0 saturated carbocycles. The number of aromatic nitrogens is 1. The van der Waals surface area contributed by atoms with Crippen molar-refractivity contribution in [3.05, 3.63) is 40.1 Å². The fourth-order valence-corrected chi connectivity index (χ4v) is 2.72. The van der Waals surface area contributed by atoms with E-state index in [2.05, 4.69) is 4.98 Å². The summed E-state index contributed by atoms with van der Waals surface area (Å²) in [6.07, 6.45) is 0. The number of aromatic carboxylic acids is 1. The van der Waals surface area contributed by atoms with E-state index in [4.69, 9.17) is 31.1 Å². The van der Waals surface area contributed by atoms with Crippen molar-refractivity contribution in [2.45, 2.75) is 0 Å². The number of carboxylic acid groups (broad SMARTS) is 1. The minimum atomic E-state index is -1.19. The lowest BCUT2D eigenvalue weighted by atomic mass is 10.2. The first-order chi connectivity index (χ1) is 10.1. The molecule has 3 rings (SSSR count). The second-order valence-corrected chi connectivity index (χ2v) is 5.19. The van der Waals surface area contributed by atoms with E-state index in [0.717, 1.165) is 11.3 Å². The molecular weight excluding hydrogens is 316 g/mol. The molecule has 0 aliphatic rings. The van der Waals surface area contributed by atoms with Crippen LogP contribution in [0.15, 0.2) is 28.7 Å². The first-order valence-corrected chi connectivity index (χ1v) is 6.78. The Labute approximate surface area is 126 Å². The van der Waals surface area contributed by atoms with Gasteiger partial charge >= 0.3 is 5.97 Å². The van der Waals surface area contributed by atoms with Crippen molar-refractivity contribution in [2.75, 3.05) is 0 Å². The standard InChI is InChI=1S/C13H5ClN2O4S/c14-11-10(12(17)18)21-13(16-11)20-9-6-3-1-2-4-7(6)19-8(9)5-15/h1-4H,(H,17,18). The highest BCUT2D eigenvalue weighted by molar-refractivity contribution is 7.15. The van der Waals surface area contributed by atoms with Crippen molar-refractivity contribution < 1.29 is 19.1 Å². The summed E-state index contributed by atoms with van der Waals surface area (Å²) in [6.45, 7) is 0. The third kappa shape index (κ3) is 2.31.